The highest BCUT2D eigenvalue weighted by Crippen LogP contribution is 2.28. The molecule has 2 aliphatic heterocycles. The summed E-state index contributed by atoms with van der Waals surface area (Å²) in [5, 5.41) is 2.93. The van der Waals surface area contributed by atoms with Crippen molar-refractivity contribution in [3.05, 3.63) is 23.8 Å². The monoisotopic (exact) mass is 458 g/mol. The number of piperidine rings is 1. The average Bonchev–Trinajstić information content (AvgIpc) is 3.21. The van der Waals surface area contributed by atoms with Crippen molar-refractivity contribution in [2.75, 3.05) is 51.4 Å². The number of carbonyl (C=O) groups is 1. The summed E-state index contributed by atoms with van der Waals surface area (Å²) in [6, 6.07) is 4.34. The standard InChI is InChI=1S/C19H30N4O5S2/c1-21(2)30(27,28)16-8-9-18(22-10-4-5-11-22)17(13-16)19(24)20-15-7-6-12-23(14-15)29(3,25)26/h8-9,13,15H,4-7,10-12,14H2,1-3H3,(H,20,24). The number of rotatable bonds is 6. The van der Waals surface area contributed by atoms with Crippen LogP contribution in [0.25, 0.3) is 0 Å². The number of hydrogen-bond donors (Lipinski definition) is 1. The van der Waals surface area contributed by atoms with Crippen molar-refractivity contribution < 1.29 is 21.6 Å². The summed E-state index contributed by atoms with van der Waals surface area (Å²) in [4.78, 5) is 15.3. The number of nitrogens with one attached hydrogen (secondary N) is 1. The maximum Gasteiger partial charge on any atom is 0.253 e. The predicted octanol–water partition coefficient (Wildman–Crippen LogP) is 0.691. The van der Waals surface area contributed by atoms with E-state index in [2.05, 4.69) is 10.2 Å². The fourth-order valence-electron chi connectivity index (χ4n) is 3.93. The van der Waals surface area contributed by atoms with Gasteiger partial charge in [-0.25, -0.2) is 25.4 Å². The minimum Gasteiger partial charge on any atom is -0.371 e. The van der Waals surface area contributed by atoms with E-state index in [1.165, 1.54) is 30.5 Å². The third-order valence-corrected chi connectivity index (χ3v) is 8.71. The minimum atomic E-state index is -3.69. The lowest BCUT2D eigenvalue weighted by atomic mass is 10.1. The van der Waals surface area contributed by atoms with Gasteiger partial charge in [0.05, 0.1) is 16.7 Å². The highest BCUT2D eigenvalue weighted by atomic mass is 32.2. The molecule has 0 saturated carbocycles. The quantitative estimate of drug-likeness (QED) is 0.672. The molecule has 2 heterocycles. The van der Waals surface area contributed by atoms with Crippen LogP contribution in [0.5, 0.6) is 0 Å². The number of sulfonamides is 2. The average molecular weight is 459 g/mol. The normalized spacial score (nSPS) is 21.2. The molecule has 168 valence electrons. The van der Waals surface area contributed by atoms with Crippen molar-refractivity contribution in [2.24, 2.45) is 0 Å². The van der Waals surface area contributed by atoms with Crippen LogP contribution in [-0.2, 0) is 20.0 Å². The number of benzene rings is 1. The Morgan fingerprint density at radius 1 is 1.07 bits per heavy atom. The number of amides is 1. The molecular formula is C19H30N4O5S2. The third-order valence-electron chi connectivity index (χ3n) is 5.63. The zero-order valence-corrected chi connectivity index (χ0v) is 19.3. The number of anilines is 1. The second-order valence-corrected chi connectivity index (χ2v) is 12.2. The number of nitrogens with zero attached hydrogens (tertiary/aromatic N) is 3. The van der Waals surface area contributed by atoms with E-state index in [0.29, 0.717) is 30.6 Å². The first kappa shape index (κ1) is 23.0. The van der Waals surface area contributed by atoms with Gasteiger partial charge in [0.2, 0.25) is 20.0 Å². The van der Waals surface area contributed by atoms with Crippen LogP contribution < -0.4 is 10.2 Å². The van der Waals surface area contributed by atoms with Gasteiger partial charge in [-0.1, -0.05) is 0 Å². The molecule has 1 aromatic rings. The van der Waals surface area contributed by atoms with Gasteiger partial charge in [-0.3, -0.25) is 4.79 Å². The summed E-state index contributed by atoms with van der Waals surface area (Å²) in [7, 11) is -4.11. The first-order valence-corrected chi connectivity index (χ1v) is 13.4. The minimum absolute atomic E-state index is 0.0574. The van der Waals surface area contributed by atoms with Gasteiger partial charge in [0.25, 0.3) is 5.91 Å². The van der Waals surface area contributed by atoms with E-state index in [-0.39, 0.29) is 23.4 Å². The largest absolute Gasteiger partial charge is 0.371 e. The van der Waals surface area contributed by atoms with E-state index >= 15 is 0 Å². The fraction of sp³-hybridized carbons (Fsp3) is 0.632. The first-order chi connectivity index (χ1) is 14.0. The van der Waals surface area contributed by atoms with Crippen LogP contribution in [0.15, 0.2) is 23.1 Å². The molecule has 1 N–H and O–H groups in total. The summed E-state index contributed by atoms with van der Waals surface area (Å²) in [5.41, 5.74) is 1.01. The Kier molecular flexibility index (Phi) is 6.75. The van der Waals surface area contributed by atoms with E-state index < -0.39 is 20.0 Å². The van der Waals surface area contributed by atoms with Crippen molar-refractivity contribution in [1.29, 1.82) is 0 Å². The van der Waals surface area contributed by atoms with Crippen LogP contribution in [0.2, 0.25) is 0 Å². The molecule has 1 unspecified atom stereocenters. The molecule has 1 atom stereocenters. The number of carbonyl (C=O) groups excluding carboxylic acids is 1. The first-order valence-electron chi connectivity index (χ1n) is 10.1. The second-order valence-electron chi connectivity index (χ2n) is 8.09. The molecule has 0 bridgehead atoms. The lowest BCUT2D eigenvalue weighted by Crippen LogP contribution is -2.49. The van der Waals surface area contributed by atoms with Gasteiger partial charge in [-0.2, -0.15) is 0 Å². The van der Waals surface area contributed by atoms with Crippen LogP contribution in [0.3, 0.4) is 0 Å². The van der Waals surface area contributed by atoms with Crippen molar-refractivity contribution in [2.45, 2.75) is 36.6 Å². The lowest BCUT2D eigenvalue weighted by molar-refractivity contribution is 0.0921. The zero-order valence-electron chi connectivity index (χ0n) is 17.7. The van der Waals surface area contributed by atoms with Gasteiger partial charge < -0.3 is 10.2 Å². The van der Waals surface area contributed by atoms with E-state index in [1.54, 1.807) is 6.07 Å². The smallest absolute Gasteiger partial charge is 0.253 e. The SMILES string of the molecule is CN(C)S(=O)(=O)c1ccc(N2CCCC2)c(C(=O)NC2CCCN(S(C)(=O)=O)C2)c1. The highest BCUT2D eigenvalue weighted by molar-refractivity contribution is 7.89. The van der Waals surface area contributed by atoms with Crippen molar-refractivity contribution in [3.63, 3.8) is 0 Å². The maximum absolute atomic E-state index is 13.2. The van der Waals surface area contributed by atoms with Gasteiger partial charge in [0, 0.05) is 52.0 Å². The molecule has 11 heteroatoms. The summed E-state index contributed by atoms with van der Waals surface area (Å²) in [6.07, 6.45) is 4.53. The molecule has 9 nitrogen and oxygen atoms in total. The third kappa shape index (κ3) is 4.96. The van der Waals surface area contributed by atoms with Crippen molar-refractivity contribution in [3.8, 4) is 0 Å². The molecule has 1 aromatic carbocycles. The maximum atomic E-state index is 13.2. The van der Waals surface area contributed by atoms with E-state index in [0.717, 1.165) is 36.5 Å². The van der Waals surface area contributed by atoms with Crippen LogP contribution >= 0.6 is 0 Å². The van der Waals surface area contributed by atoms with Crippen LogP contribution in [0.4, 0.5) is 5.69 Å². The van der Waals surface area contributed by atoms with E-state index in [9.17, 15) is 21.6 Å². The molecular weight excluding hydrogens is 428 g/mol. The van der Waals surface area contributed by atoms with E-state index in [1.807, 2.05) is 0 Å². The Morgan fingerprint density at radius 2 is 1.73 bits per heavy atom. The Morgan fingerprint density at radius 3 is 2.33 bits per heavy atom. The molecule has 2 aliphatic rings. The Hall–Kier alpha value is -1.69. The molecule has 0 radical (unpaired) electrons. The highest BCUT2D eigenvalue weighted by Gasteiger charge is 2.29. The summed E-state index contributed by atoms with van der Waals surface area (Å²) in [6.45, 7) is 2.29. The van der Waals surface area contributed by atoms with Crippen LogP contribution in [-0.4, -0.2) is 83.9 Å². The molecule has 2 fully saturated rings. The van der Waals surface area contributed by atoms with Gasteiger partial charge >= 0.3 is 0 Å². The summed E-state index contributed by atoms with van der Waals surface area (Å²) in [5.74, 6) is -0.381. The van der Waals surface area contributed by atoms with Gasteiger partial charge in [0.1, 0.15) is 0 Å². The molecule has 2 saturated heterocycles. The molecule has 0 aliphatic carbocycles. The van der Waals surface area contributed by atoms with Gasteiger partial charge in [-0.15, -0.1) is 0 Å². The number of hydrogen-bond acceptors (Lipinski definition) is 6. The summed E-state index contributed by atoms with van der Waals surface area (Å²) >= 11 is 0. The fourth-order valence-corrected chi connectivity index (χ4v) is 5.77. The van der Waals surface area contributed by atoms with E-state index in [4.69, 9.17) is 0 Å². The summed E-state index contributed by atoms with van der Waals surface area (Å²) < 4.78 is 51.4. The molecule has 1 amide bonds. The van der Waals surface area contributed by atoms with Gasteiger partial charge in [0.15, 0.2) is 0 Å². The molecule has 30 heavy (non-hydrogen) atoms. The topological polar surface area (TPSA) is 107 Å². The molecule has 3 rings (SSSR count). The zero-order chi connectivity index (χ0) is 22.1. The lowest BCUT2D eigenvalue weighted by Gasteiger charge is -2.32. The van der Waals surface area contributed by atoms with Crippen molar-refractivity contribution in [1.82, 2.24) is 13.9 Å². The van der Waals surface area contributed by atoms with Crippen LogP contribution in [0.1, 0.15) is 36.0 Å². The molecule has 0 aromatic heterocycles. The molecule has 0 spiro atoms. The Balaban J connectivity index is 1.90. The predicted molar refractivity (Wildman–Crippen MR) is 116 cm³/mol. The van der Waals surface area contributed by atoms with Crippen molar-refractivity contribution >= 4 is 31.6 Å². The second kappa shape index (κ2) is 8.81. The Bertz CT molecular complexity index is 1000. The van der Waals surface area contributed by atoms with Crippen LogP contribution in [0, 0.1) is 0 Å². The Labute approximate surface area is 179 Å². The van der Waals surface area contributed by atoms with Gasteiger partial charge in [-0.05, 0) is 43.9 Å².